The summed E-state index contributed by atoms with van der Waals surface area (Å²) in [5.41, 5.74) is 2.05. The number of aliphatic hydroxyl groups is 1. The van der Waals surface area contributed by atoms with Gasteiger partial charge in [0.1, 0.15) is 5.82 Å². The van der Waals surface area contributed by atoms with Crippen molar-refractivity contribution < 1.29 is 14.2 Å². The van der Waals surface area contributed by atoms with Crippen molar-refractivity contribution in [1.82, 2.24) is 15.0 Å². The minimum absolute atomic E-state index is 0.0463. The lowest BCUT2D eigenvalue weighted by molar-refractivity contribution is 0.311. The fourth-order valence-corrected chi connectivity index (χ4v) is 2.32. The second-order valence-electron chi connectivity index (χ2n) is 5.32. The summed E-state index contributed by atoms with van der Waals surface area (Å²) in [5.74, 6) is 0.530. The number of methoxy groups -OCH3 is 1. The largest absolute Gasteiger partial charge is 0.494 e. The van der Waals surface area contributed by atoms with Crippen molar-refractivity contribution in [2.24, 2.45) is 0 Å². The van der Waals surface area contributed by atoms with Crippen LogP contribution in [0.2, 0.25) is 0 Å². The first-order chi connectivity index (χ1) is 12.7. The van der Waals surface area contributed by atoms with E-state index in [9.17, 15) is 4.39 Å². The Hall–Kier alpha value is -3.26. The highest BCUT2D eigenvalue weighted by molar-refractivity contribution is 5.67. The van der Waals surface area contributed by atoms with E-state index in [0.717, 1.165) is 5.56 Å². The maximum Gasteiger partial charge on any atom is 0.225 e. The van der Waals surface area contributed by atoms with Gasteiger partial charge in [0.2, 0.25) is 5.95 Å². The predicted octanol–water partition coefficient (Wildman–Crippen LogP) is 2.83. The van der Waals surface area contributed by atoms with Crippen LogP contribution in [-0.4, -0.2) is 40.3 Å². The van der Waals surface area contributed by atoms with Crippen molar-refractivity contribution in [3.05, 3.63) is 54.6 Å². The molecule has 2 aromatic heterocycles. The Morgan fingerprint density at radius 3 is 2.62 bits per heavy atom. The van der Waals surface area contributed by atoms with E-state index in [1.807, 2.05) is 12.1 Å². The Morgan fingerprint density at radius 2 is 1.92 bits per heavy atom. The Kier molecular flexibility index (Phi) is 5.55. The SMILES string of the molecule is COc1ccc(Nc2cc(-c3ccncc3)nc(NCCO)n2)cc1F. The molecule has 0 fully saturated rings. The first kappa shape index (κ1) is 17.6. The third kappa shape index (κ3) is 4.22. The first-order valence-electron chi connectivity index (χ1n) is 7.94. The van der Waals surface area contributed by atoms with E-state index >= 15 is 0 Å². The average molecular weight is 355 g/mol. The summed E-state index contributed by atoms with van der Waals surface area (Å²) in [6.07, 6.45) is 3.34. The van der Waals surface area contributed by atoms with Crippen LogP contribution in [0, 0.1) is 5.82 Å². The molecule has 7 nitrogen and oxygen atoms in total. The summed E-state index contributed by atoms with van der Waals surface area (Å²) < 4.78 is 18.8. The van der Waals surface area contributed by atoms with Crippen LogP contribution in [0.15, 0.2) is 48.8 Å². The van der Waals surface area contributed by atoms with Crippen LogP contribution in [-0.2, 0) is 0 Å². The van der Waals surface area contributed by atoms with Gasteiger partial charge < -0.3 is 20.5 Å². The number of aromatic nitrogens is 3. The number of hydrogen-bond donors (Lipinski definition) is 3. The Balaban J connectivity index is 1.93. The summed E-state index contributed by atoms with van der Waals surface area (Å²) in [6.45, 7) is 0.270. The number of aliphatic hydroxyl groups excluding tert-OH is 1. The van der Waals surface area contributed by atoms with Gasteiger partial charge >= 0.3 is 0 Å². The molecule has 2 heterocycles. The summed E-state index contributed by atoms with van der Waals surface area (Å²) in [5, 5.41) is 15.0. The van der Waals surface area contributed by atoms with Crippen molar-refractivity contribution >= 4 is 17.5 Å². The third-order valence-electron chi connectivity index (χ3n) is 3.52. The van der Waals surface area contributed by atoms with Crippen LogP contribution in [0.1, 0.15) is 0 Å². The molecule has 0 aliphatic carbocycles. The molecular formula is C18H18FN5O2. The zero-order valence-corrected chi connectivity index (χ0v) is 14.1. The van der Waals surface area contributed by atoms with Gasteiger partial charge in [-0.25, -0.2) is 9.37 Å². The molecule has 0 amide bonds. The molecule has 26 heavy (non-hydrogen) atoms. The standard InChI is InChI=1S/C18H18FN5O2/c1-26-16-3-2-13(10-14(16)19)22-17-11-15(12-4-6-20-7-5-12)23-18(24-17)21-8-9-25/h2-7,10-11,25H,8-9H2,1H3,(H2,21,22,23,24). The lowest BCUT2D eigenvalue weighted by atomic mass is 10.2. The van der Waals surface area contributed by atoms with Gasteiger partial charge in [-0.3, -0.25) is 4.98 Å². The quantitative estimate of drug-likeness (QED) is 0.600. The predicted molar refractivity (Wildman–Crippen MR) is 97.1 cm³/mol. The zero-order valence-electron chi connectivity index (χ0n) is 14.1. The second kappa shape index (κ2) is 8.21. The molecule has 0 saturated heterocycles. The average Bonchev–Trinajstić information content (AvgIpc) is 2.67. The lowest BCUT2D eigenvalue weighted by Gasteiger charge is -2.12. The zero-order chi connectivity index (χ0) is 18.4. The molecule has 0 aliphatic heterocycles. The van der Waals surface area contributed by atoms with Gasteiger partial charge in [0.15, 0.2) is 11.6 Å². The molecule has 8 heteroatoms. The fourth-order valence-electron chi connectivity index (χ4n) is 2.32. The topological polar surface area (TPSA) is 92.2 Å². The number of halogens is 1. The lowest BCUT2D eigenvalue weighted by Crippen LogP contribution is -2.10. The first-order valence-corrected chi connectivity index (χ1v) is 7.94. The summed E-state index contributed by atoms with van der Waals surface area (Å²) in [4.78, 5) is 12.8. The van der Waals surface area contributed by atoms with Crippen LogP contribution < -0.4 is 15.4 Å². The van der Waals surface area contributed by atoms with Gasteiger partial charge in [-0.1, -0.05) is 0 Å². The molecule has 0 radical (unpaired) electrons. The van der Waals surface area contributed by atoms with Crippen molar-refractivity contribution in [1.29, 1.82) is 0 Å². The molecule has 0 unspecified atom stereocenters. The smallest absolute Gasteiger partial charge is 0.225 e. The highest BCUT2D eigenvalue weighted by Crippen LogP contribution is 2.26. The minimum atomic E-state index is -0.473. The number of anilines is 3. The Labute approximate surface area is 149 Å². The molecule has 0 bridgehead atoms. The molecule has 1 aromatic carbocycles. The number of nitrogens with one attached hydrogen (secondary N) is 2. The minimum Gasteiger partial charge on any atom is -0.494 e. The van der Waals surface area contributed by atoms with Gasteiger partial charge in [0.05, 0.1) is 19.4 Å². The van der Waals surface area contributed by atoms with E-state index < -0.39 is 5.82 Å². The van der Waals surface area contributed by atoms with Crippen molar-refractivity contribution in [2.75, 3.05) is 30.9 Å². The molecule has 0 atom stereocenters. The van der Waals surface area contributed by atoms with E-state index in [1.54, 1.807) is 24.5 Å². The number of ether oxygens (including phenoxy) is 1. The normalized spacial score (nSPS) is 10.4. The number of benzene rings is 1. The molecule has 3 rings (SSSR count). The maximum atomic E-state index is 13.9. The van der Waals surface area contributed by atoms with Gasteiger partial charge in [0.25, 0.3) is 0 Å². The van der Waals surface area contributed by atoms with Crippen LogP contribution >= 0.6 is 0 Å². The summed E-state index contributed by atoms with van der Waals surface area (Å²) in [7, 11) is 1.41. The van der Waals surface area contributed by atoms with Crippen molar-refractivity contribution in [3.8, 4) is 17.0 Å². The second-order valence-corrected chi connectivity index (χ2v) is 5.32. The Bertz CT molecular complexity index is 877. The maximum absolute atomic E-state index is 13.9. The van der Waals surface area contributed by atoms with Crippen molar-refractivity contribution in [3.63, 3.8) is 0 Å². The monoisotopic (exact) mass is 355 g/mol. The number of nitrogens with zero attached hydrogens (tertiary/aromatic N) is 3. The van der Waals surface area contributed by atoms with E-state index in [2.05, 4.69) is 25.6 Å². The van der Waals surface area contributed by atoms with Gasteiger partial charge in [-0.05, 0) is 24.3 Å². The summed E-state index contributed by atoms with van der Waals surface area (Å²) in [6, 6.07) is 9.96. The van der Waals surface area contributed by atoms with Crippen LogP contribution in [0.3, 0.4) is 0 Å². The summed E-state index contributed by atoms with van der Waals surface area (Å²) >= 11 is 0. The van der Waals surface area contributed by atoms with E-state index in [1.165, 1.54) is 19.2 Å². The highest BCUT2D eigenvalue weighted by Gasteiger charge is 2.09. The third-order valence-corrected chi connectivity index (χ3v) is 3.52. The van der Waals surface area contributed by atoms with Crippen LogP contribution in [0.5, 0.6) is 5.75 Å². The molecule has 0 saturated carbocycles. The molecular weight excluding hydrogens is 337 g/mol. The Morgan fingerprint density at radius 1 is 1.12 bits per heavy atom. The van der Waals surface area contributed by atoms with Gasteiger partial charge in [-0.2, -0.15) is 4.98 Å². The van der Waals surface area contributed by atoms with E-state index in [-0.39, 0.29) is 12.4 Å². The highest BCUT2D eigenvalue weighted by atomic mass is 19.1. The van der Waals surface area contributed by atoms with Crippen LogP contribution in [0.25, 0.3) is 11.3 Å². The van der Waals surface area contributed by atoms with Crippen LogP contribution in [0.4, 0.5) is 21.8 Å². The molecule has 3 N–H and O–H groups in total. The molecule has 134 valence electrons. The molecule has 3 aromatic rings. The molecule has 0 aliphatic rings. The van der Waals surface area contributed by atoms with Gasteiger partial charge in [-0.15, -0.1) is 0 Å². The number of rotatable bonds is 7. The molecule has 0 spiro atoms. The van der Waals surface area contributed by atoms with Gasteiger partial charge in [0, 0.05) is 42.3 Å². The number of pyridine rings is 1. The fraction of sp³-hybridized carbons (Fsp3) is 0.167. The van der Waals surface area contributed by atoms with E-state index in [0.29, 0.717) is 29.7 Å². The number of hydrogen-bond acceptors (Lipinski definition) is 7. The van der Waals surface area contributed by atoms with Crippen molar-refractivity contribution in [2.45, 2.75) is 0 Å². The van der Waals surface area contributed by atoms with E-state index in [4.69, 9.17) is 9.84 Å².